The summed E-state index contributed by atoms with van der Waals surface area (Å²) in [6.07, 6.45) is 7.12. The molecule has 2 aromatic carbocycles. The number of nitrogens with zero attached hydrogens (tertiary/aromatic N) is 6. The fourth-order valence-corrected chi connectivity index (χ4v) is 9.20. The quantitative estimate of drug-likeness (QED) is 0.0547. The molecule has 14 heteroatoms. The van der Waals surface area contributed by atoms with E-state index in [0.717, 1.165) is 44.7 Å². The van der Waals surface area contributed by atoms with Crippen LogP contribution in [0.4, 0.5) is 0 Å². The molecule has 0 amide bonds. The molecule has 0 spiro atoms. The van der Waals surface area contributed by atoms with Gasteiger partial charge in [0.1, 0.15) is 22.7 Å². The van der Waals surface area contributed by atoms with Gasteiger partial charge in [0, 0.05) is 99.1 Å². The van der Waals surface area contributed by atoms with Crippen LogP contribution in [0, 0.1) is 20.8 Å². The summed E-state index contributed by atoms with van der Waals surface area (Å²) in [6.45, 7) is 6.92. The zero-order valence-electron chi connectivity index (χ0n) is 31.4. The third-order valence-electron chi connectivity index (χ3n) is 9.90. The standard InChI is InChI=1S/C42H41ClN6O4S3/c1-24-25(2)56-42-38(24)40(27-11-13-31(43)14-12-27)46-33(41-48-47-26(3)49(41)42)22-32(50)7-5-16-53-17-6-9-34(51)28-19-29-20-30(23-45-39(29)36(54)21-28)35(52)8-4-10-37-44-15-18-55-37/h11-15,18-21,23,33,54H,4-10,16-17,22H2,1-3H3/t33-/m0/s1. The Hall–Kier alpha value is -4.40. The van der Waals surface area contributed by atoms with E-state index < -0.39 is 6.04 Å². The number of benzene rings is 2. The number of pyridine rings is 1. The number of hydrogen-bond acceptors (Lipinski definition) is 12. The molecule has 6 aromatic rings. The van der Waals surface area contributed by atoms with Gasteiger partial charge in [0.15, 0.2) is 17.4 Å². The number of ketones is 3. The third kappa shape index (κ3) is 8.92. The summed E-state index contributed by atoms with van der Waals surface area (Å²) < 4.78 is 7.89. The number of carbonyl (C=O) groups is 3. The molecule has 0 N–H and O–H groups in total. The first-order valence-electron chi connectivity index (χ1n) is 18.6. The monoisotopic (exact) mass is 824 g/mol. The molecule has 56 heavy (non-hydrogen) atoms. The highest BCUT2D eigenvalue weighted by Crippen LogP contribution is 2.40. The van der Waals surface area contributed by atoms with E-state index in [4.69, 9.17) is 21.3 Å². The fraction of sp³-hybridized carbons (Fsp3) is 0.333. The number of carbonyl (C=O) groups excluding carboxylic acids is 3. The second-order valence-electron chi connectivity index (χ2n) is 13.9. The lowest BCUT2D eigenvalue weighted by Gasteiger charge is -2.12. The van der Waals surface area contributed by atoms with Crippen molar-refractivity contribution in [3.8, 4) is 5.00 Å². The van der Waals surface area contributed by atoms with Crippen LogP contribution < -0.4 is 0 Å². The summed E-state index contributed by atoms with van der Waals surface area (Å²) in [5, 5.41) is 14.2. The number of fused-ring (bicyclic) bond motifs is 4. The molecular weight excluding hydrogens is 784 g/mol. The van der Waals surface area contributed by atoms with Gasteiger partial charge in [-0.3, -0.25) is 28.9 Å². The number of thiol groups is 1. The number of Topliss-reactive ketones (excluding diaryl/α,β-unsaturated/α-hetero) is 3. The number of rotatable bonds is 17. The predicted octanol–water partition coefficient (Wildman–Crippen LogP) is 9.72. The Kier molecular flexibility index (Phi) is 12.7. The summed E-state index contributed by atoms with van der Waals surface area (Å²) >= 11 is 14.1. The van der Waals surface area contributed by atoms with Crippen LogP contribution in [-0.2, 0) is 16.0 Å². The molecule has 0 saturated heterocycles. The highest BCUT2D eigenvalue weighted by Gasteiger charge is 2.32. The third-order valence-corrected chi connectivity index (χ3v) is 12.5. The minimum atomic E-state index is -0.504. The molecule has 7 rings (SSSR count). The molecule has 5 heterocycles. The van der Waals surface area contributed by atoms with Crippen LogP contribution in [0.1, 0.15) is 110 Å². The van der Waals surface area contributed by atoms with Gasteiger partial charge in [0.25, 0.3) is 0 Å². The average molecular weight is 825 g/mol. The molecule has 0 radical (unpaired) electrons. The van der Waals surface area contributed by atoms with Crippen LogP contribution in [0.15, 0.2) is 70.1 Å². The maximum absolute atomic E-state index is 13.4. The number of thiazole rings is 1. The van der Waals surface area contributed by atoms with E-state index in [1.165, 1.54) is 4.88 Å². The van der Waals surface area contributed by atoms with Gasteiger partial charge in [0.2, 0.25) is 0 Å². The van der Waals surface area contributed by atoms with E-state index in [2.05, 4.69) is 46.6 Å². The van der Waals surface area contributed by atoms with Crippen molar-refractivity contribution in [2.45, 2.75) is 83.1 Å². The second-order valence-corrected chi connectivity index (χ2v) is 17.0. The molecule has 288 valence electrons. The molecular formula is C42H41ClN6O4S3. The molecule has 1 atom stereocenters. The van der Waals surface area contributed by atoms with Gasteiger partial charge in [-0.15, -0.1) is 45.5 Å². The Balaban J connectivity index is 0.905. The van der Waals surface area contributed by atoms with Gasteiger partial charge in [-0.1, -0.05) is 23.7 Å². The van der Waals surface area contributed by atoms with Gasteiger partial charge < -0.3 is 4.74 Å². The largest absolute Gasteiger partial charge is 0.381 e. The summed E-state index contributed by atoms with van der Waals surface area (Å²) in [7, 11) is 0. The first-order valence-corrected chi connectivity index (χ1v) is 21.1. The molecule has 4 aromatic heterocycles. The Labute approximate surface area is 343 Å². The van der Waals surface area contributed by atoms with Gasteiger partial charge in [-0.25, -0.2) is 4.98 Å². The lowest BCUT2D eigenvalue weighted by Crippen LogP contribution is -2.12. The van der Waals surface area contributed by atoms with Crippen LogP contribution in [0.25, 0.3) is 15.9 Å². The molecule has 0 fully saturated rings. The Morgan fingerprint density at radius 3 is 2.41 bits per heavy atom. The van der Waals surface area contributed by atoms with Gasteiger partial charge in [-0.2, -0.15) is 0 Å². The molecule has 0 aliphatic carbocycles. The number of ether oxygens (including phenoxy) is 1. The van der Waals surface area contributed by atoms with E-state index in [1.807, 2.05) is 41.1 Å². The van der Waals surface area contributed by atoms with Gasteiger partial charge in [0.05, 0.1) is 16.2 Å². The number of aliphatic imine (C=N–C) groups is 1. The topological polar surface area (TPSA) is 129 Å². The molecule has 0 bridgehead atoms. The van der Waals surface area contributed by atoms with Crippen molar-refractivity contribution < 1.29 is 19.1 Å². The lowest BCUT2D eigenvalue weighted by atomic mass is 9.99. The number of thiophene rings is 1. The molecule has 1 aliphatic heterocycles. The van der Waals surface area contributed by atoms with Crippen molar-refractivity contribution >= 4 is 80.9 Å². The number of hydrogen-bond donors (Lipinski definition) is 1. The van der Waals surface area contributed by atoms with Crippen molar-refractivity contribution in [2.24, 2.45) is 4.99 Å². The van der Waals surface area contributed by atoms with Gasteiger partial charge in [-0.05, 0) is 82.3 Å². The lowest BCUT2D eigenvalue weighted by molar-refractivity contribution is -0.119. The zero-order valence-corrected chi connectivity index (χ0v) is 34.7. The summed E-state index contributed by atoms with van der Waals surface area (Å²) in [5.41, 5.74) is 5.60. The number of aryl methyl sites for hydroxylation is 3. The summed E-state index contributed by atoms with van der Waals surface area (Å²) in [5.74, 6) is 1.44. The van der Waals surface area contributed by atoms with Crippen molar-refractivity contribution in [1.29, 1.82) is 0 Å². The Morgan fingerprint density at radius 2 is 1.64 bits per heavy atom. The van der Waals surface area contributed by atoms with Crippen molar-refractivity contribution in [2.75, 3.05) is 13.2 Å². The van der Waals surface area contributed by atoms with E-state index in [9.17, 15) is 14.4 Å². The second kappa shape index (κ2) is 17.8. The highest BCUT2D eigenvalue weighted by atomic mass is 35.5. The highest BCUT2D eigenvalue weighted by molar-refractivity contribution is 7.80. The summed E-state index contributed by atoms with van der Waals surface area (Å²) in [4.78, 5) is 55.2. The Bertz CT molecular complexity index is 2440. The van der Waals surface area contributed by atoms with Crippen molar-refractivity contribution in [3.05, 3.63) is 115 Å². The van der Waals surface area contributed by atoms with Gasteiger partial charge >= 0.3 is 0 Å². The van der Waals surface area contributed by atoms with Crippen LogP contribution >= 0.6 is 46.9 Å². The predicted molar refractivity (Wildman–Crippen MR) is 225 cm³/mol. The van der Waals surface area contributed by atoms with Crippen LogP contribution in [0.5, 0.6) is 0 Å². The minimum absolute atomic E-state index is 0.00953. The smallest absolute Gasteiger partial charge is 0.164 e. The maximum Gasteiger partial charge on any atom is 0.164 e. The van der Waals surface area contributed by atoms with E-state index in [1.54, 1.807) is 53.3 Å². The molecule has 0 unspecified atom stereocenters. The fourth-order valence-electron chi connectivity index (χ4n) is 6.87. The number of halogens is 1. The first kappa shape index (κ1) is 39.8. The van der Waals surface area contributed by atoms with Crippen LogP contribution in [0.2, 0.25) is 5.02 Å². The average Bonchev–Trinajstić information content (AvgIpc) is 3.90. The SMILES string of the molecule is Cc1sc2c(c1C)C(c1ccc(Cl)cc1)=N[C@@H](CC(=O)CCCOCCCC(=O)c1cc(S)c3ncc(C(=O)CCCc4nccs4)cc3c1)c1nnc(C)n1-2. The molecule has 1 aliphatic rings. The minimum Gasteiger partial charge on any atom is -0.381 e. The van der Waals surface area contributed by atoms with Crippen LogP contribution in [-0.4, -0.2) is 61.0 Å². The first-order chi connectivity index (χ1) is 27.1. The van der Waals surface area contributed by atoms with Crippen LogP contribution in [0.3, 0.4) is 0 Å². The van der Waals surface area contributed by atoms with Crippen molar-refractivity contribution in [3.63, 3.8) is 0 Å². The normalized spacial score (nSPS) is 13.7. The summed E-state index contributed by atoms with van der Waals surface area (Å²) in [6, 6.07) is 12.4. The van der Waals surface area contributed by atoms with Crippen molar-refractivity contribution in [1.82, 2.24) is 24.7 Å². The molecule has 0 saturated carbocycles. The maximum atomic E-state index is 13.4. The number of aromatic nitrogens is 5. The van der Waals surface area contributed by atoms with E-state index >= 15 is 0 Å². The molecule has 10 nitrogen and oxygen atoms in total. The van der Waals surface area contributed by atoms with E-state index in [-0.39, 0.29) is 23.8 Å². The Morgan fingerprint density at radius 1 is 0.911 bits per heavy atom. The van der Waals surface area contributed by atoms with E-state index in [0.29, 0.717) is 89.5 Å². The zero-order chi connectivity index (χ0) is 39.3.